The molecule has 0 bridgehead atoms. The van der Waals surface area contributed by atoms with Crippen molar-refractivity contribution >= 4 is 6.21 Å². The Hall–Kier alpha value is -0.850. The van der Waals surface area contributed by atoms with Crippen molar-refractivity contribution in [2.45, 2.75) is 6.92 Å². The molecular weight excluding hydrogens is 98.1 g/mol. The van der Waals surface area contributed by atoms with E-state index >= 15 is 0 Å². The zero-order chi connectivity index (χ0) is 6.24. The normalized spacial score (nSPS) is 12.8. The minimum atomic E-state index is 1.75. The highest BCUT2D eigenvalue weighted by Crippen LogP contribution is 1.71. The molecular formula is C7H11N. The molecule has 0 N–H and O–H groups in total. The van der Waals surface area contributed by atoms with Crippen molar-refractivity contribution in [2.75, 3.05) is 7.05 Å². The van der Waals surface area contributed by atoms with E-state index in [9.17, 15) is 0 Å². The van der Waals surface area contributed by atoms with Crippen molar-refractivity contribution in [3.63, 3.8) is 0 Å². The van der Waals surface area contributed by atoms with Gasteiger partial charge in [0, 0.05) is 13.3 Å². The van der Waals surface area contributed by atoms with Gasteiger partial charge in [-0.1, -0.05) is 18.2 Å². The maximum atomic E-state index is 3.76. The number of allylic oxidation sites excluding steroid dienone is 4. The Morgan fingerprint density at radius 2 is 1.88 bits per heavy atom. The Bertz CT molecular complexity index is 95.6. The number of aliphatic imine (C=N–C) groups is 1. The predicted octanol–water partition coefficient (Wildman–Crippen LogP) is 1.82. The summed E-state index contributed by atoms with van der Waals surface area (Å²) in [5, 5.41) is 0. The standard InChI is InChI=1S/C7H11N/c1-3-4-5-6-7-8-2/h3-7H,1-2H3. The van der Waals surface area contributed by atoms with Crippen LogP contribution in [0, 0.1) is 0 Å². The summed E-state index contributed by atoms with van der Waals surface area (Å²) in [6.07, 6.45) is 9.51. The smallest absolute Gasteiger partial charge is 0.0277 e. The van der Waals surface area contributed by atoms with Gasteiger partial charge in [0.1, 0.15) is 0 Å². The molecule has 44 valence electrons. The van der Waals surface area contributed by atoms with Crippen LogP contribution in [-0.4, -0.2) is 13.3 Å². The molecule has 0 aliphatic heterocycles. The molecule has 0 spiro atoms. The highest BCUT2D eigenvalue weighted by atomic mass is 14.6. The first kappa shape index (κ1) is 7.15. The van der Waals surface area contributed by atoms with Crippen molar-refractivity contribution in [1.29, 1.82) is 0 Å². The average molecular weight is 109 g/mol. The van der Waals surface area contributed by atoms with E-state index in [1.165, 1.54) is 0 Å². The summed E-state index contributed by atoms with van der Waals surface area (Å²) in [4.78, 5) is 3.76. The highest BCUT2D eigenvalue weighted by molar-refractivity contribution is 5.71. The van der Waals surface area contributed by atoms with Crippen LogP contribution < -0.4 is 0 Å². The molecule has 8 heavy (non-hydrogen) atoms. The predicted molar refractivity (Wildman–Crippen MR) is 38.4 cm³/mol. The van der Waals surface area contributed by atoms with Gasteiger partial charge in [0.15, 0.2) is 0 Å². The lowest BCUT2D eigenvalue weighted by Crippen LogP contribution is -1.58. The monoisotopic (exact) mass is 109 g/mol. The Balaban J connectivity index is 3.35. The molecule has 0 aliphatic carbocycles. The maximum absolute atomic E-state index is 3.76. The summed E-state index contributed by atoms with van der Waals surface area (Å²) in [5.74, 6) is 0. The maximum Gasteiger partial charge on any atom is 0.0277 e. The van der Waals surface area contributed by atoms with Gasteiger partial charge in [0.2, 0.25) is 0 Å². The van der Waals surface area contributed by atoms with Gasteiger partial charge in [0.05, 0.1) is 0 Å². The number of rotatable bonds is 2. The van der Waals surface area contributed by atoms with Gasteiger partial charge in [-0.25, -0.2) is 0 Å². The Morgan fingerprint density at radius 3 is 2.38 bits per heavy atom. The topological polar surface area (TPSA) is 12.4 Å². The molecule has 1 nitrogen and oxygen atoms in total. The van der Waals surface area contributed by atoms with Gasteiger partial charge in [-0.15, -0.1) is 0 Å². The van der Waals surface area contributed by atoms with E-state index in [2.05, 4.69) is 4.99 Å². The minimum absolute atomic E-state index is 1.75. The number of hydrogen-bond donors (Lipinski definition) is 0. The molecule has 0 saturated heterocycles. The molecule has 0 amide bonds. The van der Waals surface area contributed by atoms with Crippen molar-refractivity contribution in [3.8, 4) is 0 Å². The Morgan fingerprint density at radius 1 is 1.12 bits per heavy atom. The molecule has 0 atom stereocenters. The first-order valence-corrected chi connectivity index (χ1v) is 2.62. The number of hydrogen-bond acceptors (Lipinski definition) is 1. The lowest BCUT2D eigenvalue weighted by molar-refractivity contribution is 1.48. The summed E-state index contributed by atoms with van der Waals surface area (Å²) in [6, 6.07) is 0. The molecule has 0 rings (SSSR count). The van der Waals surface area contributed by atoms with Crippen LogP contribution in [0.25, 0.3) is 0 Å². The van der Waals surface area contributed by atoms with Crippen LogP contribution >= 0.6 is 0 Å². The van der Waals surface area contributed by atoms with E-state index in [1.807, 2.05) is 31.2 Å². The molecule has 0 aromatic rings. The number of nitrogens with zero attached hydrogens (tertiary/aromatic N) is 1. The van der Waals surface area contributed by atoms with Gasteiger partial charge < -0.3 is 0 Å². The zero-order valence-corrected chi connectivity index (χ0v) is 5.33. The second kappa shape index (κ2) is 6.15. The van der Waals surface area contributed by atoms with Crippen LogP contribution in [0.1, 0.15) is 6.92 Å². The van der Waals surface area contributed by atoms with E-state index in [4.69, 9.17) is 0 Å². The fourth-order valence-electron chi connectivity index (χ4n) is 0.311. The first-order valence-electron chi connectivity index (χ1n) is 2.62. The lowest BCUT2D eigenvalue weighted by Gasteiger charge is -1.68. The summed E-state index contributed by atoms with van der Waals surface area (Å²) in [7, 11) is 1.75. The summed E-state index contributed by atoms with van der Waals surface area (Å²) < 4.78 is 0. The fraction of sp³-hybridized carbons (Fsp3) is 0.286. The summed E-state index contributed by atoms with van der Waals surface area (Å²) in [6.45, 7) is 1.98. The quantitative estimate of drug-likeness (QED) is 0.379. The second-order valence-corrected chi connectivity index (χ2v) is 1.32. The third-order valence-electron chi connectivity index (χ3n) is 0.650. The van der Waals surface area contributed by atoms with Crippen LogP contribution in [0.4, 0.5) is 0 Å². The van der Waals surface area contributed by atoms with E-state index < -0.39 is 0 Å². The summed E-state index contributed by atoms with van der Waals surface area (Å²) >= 11 is 0. The van der Waals surface area contributed by atoms with Gasteiger partial charge in [-0.2, -0.15) is 0 Å². The third kappa shape index (κ3) is 5.15. The van der Waals surface area contributed by atoms with Crippen LogP contribution in [0.15, 0.2) is 29.3 Å². The molecule has 0 aliphatic rings. The van der Waals surface area contributed by atoms with E-state index in [0.717, 1.165) is 0 Å². The third-order valence-corrected chi connectivity index (χ3v) is 0.650. The average Bonchev–Trinajstić information content (AvgIpc) is 1.81. The largest absolute Gasteiger partial charge is 0.297 e. The van der Waals surface area contributed by atoms with Crippen molar-refractivity contribution in [1.82, 2.24) is 0 Å². The van der Waals surface area contributed by atoms with Gasteiger partial charge in [-0.05, 0) is 13.0 Å². The van der Waals surface area contributed by atoms with Crippen LogP contribution in [0.3, 0.4) is 0 Å². The van der Waals surface area contributed by atoms with Gasteiger partial charge in [-0.3, -0.25) is 4.99 Å². The van der Waals surface area contributed by atoms with Crippen LogP contribution in [-0.2, 0) is 0 Å². The van der Waals surface area contributed by atoms with Gasteiger partial charge >= 0.3 is 0 Å². The first-order chi connectivity index (χ1) is 3.91. The molecule has 0 unspecified atom stereocenters. The van der Waals surface area contributed by atoms with Crippen molar-refractivity contribution < 1.29 is 0 Å². The van der Waals surface area contributed by atoms with Crippen LogP contribution in [0.5, 0.6) is 0 Å². The lowest BCUT2D eigenvalue weighted by atomic mass is 10.4. The molecule has 0 saturated carbocycles. The zero-order valence-electron chi connectivity index (χ0n) is 5.33. The molecule has 0 fully saturated rings. The fourth-order valence-corrected chi connectivity index (χ4v) is 0.311. The van der Waals surface area contributed by atoms with Gasteiger partial charge in [0.25, 0.3) is 0 Å². The highest BCUT2D eigenvalue weighted by Gasteiger charge is 1.55. The Kier molecular flexibility index (Phi) is 5.50. The van der Waals surface area contributed by atoms with E-state index in [0.29, 0.717) is 0 Å². The van der Waals surface area contributed by atoms with Crippen molar-refractivity contribution in [2.24, 2.45) is 4.99 Å². The van der Waals surface area contributed by atoms with E-state index in [1.54, 1.807) is 13.3 Å². The Labute approximate surface area is 50.4 Å². The molecule has 1 heteroatoms. The summed E-state index contributed by atoms with van der Waals surface area (Å²) in [5.41, 5.74) is 0. The molecule has 0 aromatic carbocycles. The second-order valence-electron chi connectivity index (χ2n) is 1.32. The SMILES string of the molecule is CC=CC=CC=NC. The minimum Gasteiger partial charge on any atom is -0.297 e. The van der Waals surface area contributed by atoms with E-state index in [-0.39, 0.29) is 0 Å². The molecule has 0 aromatic heterocycles. The molecule has 0 heterocycles. The van der Waals surface area contributed by atoms with Crippen molar-refractivity contribution in [3.05, 3.63) is 24.3 Å². The molecule has 0 radical (unpaired) electrons. The van der Waals surface area contributed by atoms with Crippen LogP contribution in [0.2, 0.25) is 0 Å².